The summed E-state index contributed by atoms with van der Waals surface area (Å²) in [7, 11) is 2.29. The molecule has 8 heteroatoms. The Morgan fingerprint density at radius 1 is 1.22 bits per heavy atom. The maximum Gasteiger partial charge on any atom is 0.224 e. The van der Waals surface area contributed by atoms with Crippen LogP contribution < -0.4 is 10.6 Å². The third kappa shape index (κ3) is 5.74. The molecule has 198 valence electrons. The Morgan fingerprint density at radius 2 is 1.97 bits per heavy atom. The van der Waals surface area contributed by atoms with Crippen molar-refractivity contribution in [3.63, 3.8) is 0 Å². The molecule has 0 aliphatic heterocycles. The van der Waals surface area contributed by atoms with Crippen LogP contribution in [0.25, 0.3) is 0 Å². The van der Waals surface area contributed by atoms with Crippen LogP contribution in [0.1, 0.15) is 56.6 Å². The first-order valence-corrected chi connectivity index (χ1v) is 14.2. The monoisotopic (exact) mass is 520 g/mol. The van der Waals surface area contributed by atoms with Gasteiger partial charge in [-0.05, 0) is 92.8 Å². The molecule has 0 amide bonds. The number of nitrogens with zero attached hydrogens (tertiary/aromatic N) is 4. The number of aromatic nitrogens is 2. The largest absolute Gasteiger partial charge is 0.396 e. The van der Waals surface area contributed by atoms with Crippen molar-refractivity contribution in [1.29, 1.82) is 5.26 Å². The van der Waals surface area contributed by atoms with E-state index in [0.717, 1.165) is 47.7 Å². The van der Waals surface area contributed by atoms with E-state index >= 15 is 0 Å². The SMILES string of the molecule is C[C@H](CO)CCN(C)C1[C@@H]2CC3C[C@H]1CC(CNc1nc(NCc4ccccc4S)ncc1C#N)(C3)C2. The summed E-state index contributed by atoms with van der Waals surface area (Å²) in [6.07, 6.45) is 9.13. The Bertz CT molecular complexity index is 1120. The van der Waals surface area contributed by atoms with Crippen LogP contribution in [-0.4, -0.2) is 52.8 Å². The van der Waals surface area contributed by atoms with Crippen LogP contribution in [-0.2, 0) is 6.54 Å². The van der Waals surface area contributed by atoms with Crippen molar-refractivity contribution in [1.82, 2.24) is 14.9 Å². The van der Waals surface area contributed by atoms with Crippen LogP contribution in [0.2, 0.25) is 0 Å². The van der Waals surface area contributed by atoms with Crippen molar-refractivity contribution in [3.8, 4) is 6.07 Å². The fourth-order valence-corrected chi connectivity index (χ4v) is 7.80. The van der Waals surface area contributed by atoms with Gasteiger partial charge in [0, 0.05) is 30.6 Å². The molecule has 0 radical (unpaired) electrons. The van der Waals surface area contributed by atoms with Crippen molar-refractivity contribution >= 4 is 24.4 Å². The lowest BCUT2D eigenvalue weighted by atomic mass is 9.47. The Kier molecular flexibility index (Phi) is 7.94. The second kappa shape index (κ2) is 11.2. The molecule has 1 heterocycles. The van der Waals surface area contributed by atoms with Gasteiger partial charge in [-0.3, -0.25) is 0 Å². The number of hydrogen-bond donors (Lipinski definition) is 4. The third-order valence-electron chi connectivity index (χ3n) is 9.11. The van der Waals surface area contributed by atoms with E-state index < -0.39 is 0 Å². The molecule has 0 spiro atoms. The van der Waals surface area contributed by atoms with E-state index in [2.05, 4.69) is 58.2 Å². The maximum absolute atomic E-state index is 9.70. The molecular weight excluding hydrogens is 480 g/mol. The highest BCUT2D eigenvalue weighted by Crippen LogP contribution is 2.61. The summed E-state index contributed by atoms with van der Waals surface area (Å²) in [5.74, 6) is 3.80. The molecule has 4 bridgehead atoms. The number of benzene rings is 1. The van der Waals surface area contributed by atoms with Crippen molar-refractivity contribution in [3.05, 3.63) is 41.6 Å². The fraction of sp³-hybridized carbons (Fsp3) is 0.621. The quantitative estimate of drug-likeness (QED) is 0.316. The first-order chi connectivity index (χ1) is 17.9. The Balaban J connectivity index is 1.24. The Labute approximate surface area is 226 Å². The number of rotatable bonds is 11. The van der Waals surface area contributed by atoms with Gasteiger partial charge in [0.15, 0.2) is 0 Å². The summed E-state index contributed by atoms with van der Waals surface area (Å²) in [5, 5.41) is 26.0. The van der Waals surface area contributed by atoms with E-state index in [1.807, 2.05) is 24.3 Å². The van der Waals surface area contributed by atoms with Gasteiger partial charge in [0.1, 0.15) is 17.5 Å². The fourth-order valence-electron chi connectivity index (χ4n) is 7.56. The average molecular weight is 521 g/mol. The number of anilines is 2. The molecule has 37 heavy (non-hydrogen) atoms. The van der Waals surface area contributed by atoms with Crippen LogP contribution >= 0.6 is 12.6 Å². The summed E-state index contributed by atoms with van der Waals surface area (Å²) >= 11 is 4.53. The number of aliphatic hydroxyl groups is 1. The van der Waals surface area contributed by atoms with Gasteiger partial charge in [0.05, 0.1) is 6.20 Å². The van der Waals surface area contributed by atoms with Gasteiger partial charge >= 0.3 is 0 Å². The molecule has 4 aliphatic rings. The van der Waals surface area contributed by atoms with Crippen LogP contribution in [0.4, 0.5) is 11.8 Å². The molecule has 3 N–H and O–H groups in total. The summed E-state index contributed by atoms with van der Waals surface area (Å²) in [6, 6.07) is 10.9. The molecule has 0 saturated heterocycles. The van der Waals surface area contributed by atoms with Gasteiger partial charge in [0.2, 0.25) is 5.95 Å². The van der Waals surface area contributed by atoms with E-state index in [-0.39, 0.29) is 12.0 Å². The van der Waals surface area contributed by atoms with Crippen LogP contribution in [0.5, 0.6) is 0 Å². The van der Waals surface area contributed by atoms with Crippen LogP contribution in [0, 0.1) is 40.4 Å². The van der Waals surface area contributed by atoms with Crippen molar-refractivity contribution in [2.45, 2.75) is 62.9 Å². The number of aliphatic hydroxyl groups excluding tert-OH is 1. The van der Waals surface area contributed by atoms with Gasteiger partial charge in [-0.1, -0.05) is 25.1 Å². The molecule has 6 rings (SSSR count). The van der Waals surface area contributed by atoms with E-state index in [9.17, 15) is 10.4 Å². The molecular formula is C29H40N6OS. The lowest BCUT2D eigenvalue weighted by molar-refractivity contribution is -0.102. The molecule has 1 aromatic heterocycles. The standard InChI is InChI=1S/C29H40N6OS/c1-19(17-36)7-8-35(2)26-22-9-20-10-23(26)13-29(11-20,12-22)18-33-27-24(14-30)16-32-28(34-27)31-15-21-5-3-4-6-25(21)37/h3-6,16,19-20,22-23,26,36-37H,7-13,15,17-18H2,1-2H3,(H2,31,32,33,34)/t19-,20?,22-,23+,26?,29?/m0/s1. The van der Waals surface area contributed by atoms with E-state index in [0.29, 0.717) is 35.8 Å². The second-order valence-electron chi connectivity index (χ2n) is 11.9. The highest BCUT2D eigenvalue weighted by atomic mass is 32.1. The minimum absolute atomic E-state index is 0.273. The zero-order valence-corrected chi connectivity index (χ0v) is 22.9. The highest BCUT2D eigenvalue weighted by molar-refractivity contribution is 7.80. The number of nitriles is 1. The zero-order chi connectivity index (χ0) is 26.0. The van der Waals surface area contributed by atoms with Gasteiger partial charge in [0.25, 0.3) is 0 Å². The average Bonchev–Trinajstić information content (AvgIpc) is 2.89. The van der Waals surface area contributed by atoms with E-state index in [4.69, 9.17) is 0 Å². The van der Waals surface area contributed by atoms with Gasteiger partial charge < -0.3 is 20.6 Å². The second-order valence-corrected chi connectivity index (χ2v) is 12.4. The topological polar surface area (TPSA) is 97.1 Å². The first-order valence-electron chi connectivity index (χ1n) is 13.7. The van der Waals surface area contributed by atoms with Gasteiger partial charge in [-0.15, -0.1) is 12.6 Å². The molecule has 4 fully saturated rings. The van der Waals surface area contributed by atoms with Crippen molar-refractivity contribution in [2.75, 3.05) is 37.4 Å². The predicted molar refractivity (Wildman–Crippen MR) is 150 cm³/mol. The van der Waals surface area contributed by atoms with Gasteiger partial charge in [-0.2, -0.15) is 10.2 Å². The summed E-state index contributed by atoms with van der Waals surface area (Å²) in [4.78, 5) is 12.6. The minimum atomic E-state index is 0.273. The van der Waals surface area contributed by atoms with Crippen molar-refractivity contribution < 1.29 is 5.11 Å². The van der Waals surface area contributed by atoms with E-state index in [1.165, 1.54) is 32.1 Å². The predicted octanol–water partition coefficient (Wildman–Crippen LogP) is 4.81. The number of thiol groups is 1. The molecule has 6 atom stereocenters. The van der Waals surface area contributed by atoms with E-state index in [1.54, 1.807) is 6.20 Å². The molecule has 4 saturated carbocycles. The lowest BCUT2D eigenvalue weighted by Gasteiger charge is -2.62. The third-order valence-corrected chi connectivity index (χ3v) is 9.55. The molecule has 1 aromatic carbocycles. The van der Waals surface area contributed by atoms with Crippen molar-refractivity contribution in [2.24, 2.45) is 29.1 Å². The lowest BCUT2D eigenvalue weighted by Crippen LogP contribution is -2.60. The maximum atomic E-state index is 9.70. The van der Waals surface area contributed by atoms with Gasteiger partial charge in [-0.25, -0.2) is 4.98 Å². The summed E-state index contributed by atoms with van der Waals surface area (Å²) in [6.45, 7) is 4.91. The zero-order valence-electron chi connectivity index (χ0n) is 22.0. The minimum Gasteiger partial charge on any atom is -0.396 e. The summed E-state index contributed by atoms with van der Waals surface area (Å²) < 4.78 is 0. The molecule has 7 nitrogen and oxygen atoms in total. The van der Waals surface area contributed by atoms with Crippen LogP contribution in [0.3, 0.4) is 0 Å². The molecule has 2 aromatic rings. The molecule has 3 unspecified atom stereocenters. The first kappa shape index (κ1) is 26.3. The Hall–Kier alpha value is -2.34. The molecule has 4 aliphatic carbocycles. The summed E-state index contributed by atoms with van der Waals surface area (Å²) in [5.41, 5.74) is 1.84. The smallest absolute Gasteiger partial charge is 0.224 e. The van der Waals surface area contributed by atoms with Crippen LogP contribution in [0.15, 0.2) is 35.4 Å². The Morgan fingerprint density at radius 3 is 2.68 bits per heavy atom. The normalized spacial score (nSPS) is 28.8. The highest BCUT2D eigenvalue weighted by Gasteiger charge is 2.55. The number of hydrogen-bond acceptors (Lipinski definition) is 8. The number of nitrogens with one attached hydrogen (secondary N) is 2.